The highest BCUT2D eigenvalue weighted by Crippen LogP contribution is 2.35. The van der Waals surface area contributed by atoms with E-state index in [4.69, 9.17) is 14.7 Å². The predicted molar refractivity (Wildman–Crippen MR) is 151 cm³/mol. The first-order valence-corrected chi connectivity index (χ1v) is 13.9. The van der Waals surface area contributed by atoms with Gasteiger partial charge in [-0.2, -0.15) is 5.10 Å². The third-order valence-corrected chi connectivity index (χ3v) is 8.32. The Morgan fingerprint density at radius 2 is 1.92 bits per heavy atom. The maximum atomic E-state index is 11.8. The highest BCUT2D eigenvalue weighted by atomic mass is 32.1. The molecule has 7 rings (SSSR count). The van der Waals surface area contributed by atoms with E-state index >= 15 is 0 Å². The van der Waals surface area contributed by atoms with Gasteiger partial charge in [0.05, 0.1) is 28.4 Å². The van der Waals surface area contributed by atoms with Gasteiger partial charge in [0.25, 0.3) is 0 Å². The second-order valence-electron chi connectivity index (χ2n) is 9.81. The van der Waals surface area contributed by atoms with Crippen molar-refractivity contribution in [3.8, 4) is 39.0 Å². The zero-order valence-corrected chi connectivity index (χ0v) is 22.1. The molecule has 194 valence electrons. The number of nitrogens with zero attached hydrogens (tertiary/aromatic N) is 5. The van der Waals surface area contributed by atoms with Crippen molar-refractivity contribution in [2.45, 2.75) is 45.1 Å². The Hall–Kier alpha value is -4.44. The lowest BCUT2D eigenvalue weighted by Gasteiger charge is -2.22. The molecule has 1 aliphatic carbocycles. The van der Waals surface area contributed by atoms with Crippen LogP contribution in [0.15, 0.2) is 55.0 Å². The molecule has 6 aromatic heterocycles. The summed E-state index contributed by atoms with van der Waals surface area (Å²) < 4.78 is 6.23. The van der Waals surface area contributed by atoms with E-state index in [0.29, 0.717) is 33.1 Å². The van der Waals surface area contributed by atoms with Crippen molar-refractivity contribution in [2.24, 2.45) is 0 Å². The van der Waals surface area contributed by atoms with Gasteiger partial charge in [-0.3, -0.25) is 14.9 Å². The quantitative estimate of drug-likeness (QED) is 0.230. The molecule has 1 fully saturated rings. The molecule has 0 atom stereocenters. The summed E-state index contributed by atoms with van der Waals surface area (Å²) in [5.74, 6) is 1.38. The summed E-state index contributed by atoms with van der Waals surface area (Å²) in [4.78, 5) is 35.5. The van der Waals surface area contributed by atoms with Gasteiger partial charge in [-0.15, -0.1) is 11.3 Å². The number of thiophene rings is 1. The highest BCUT2D eigenvalue weighted by Gasteiger charge is 2.19. The SMILES string of the molecule is CC(=O)c1ccc(-c2ccnc3[nH]c(-c4n[nH]c5ccc(-c6cncc(OC7CCCCC7)c6)nc45)nc23)s1. The van der Waals surface area contributed by atoms with Crippen molar-refractivity contribution in [1.82, 2.24) is 35.1 Å². The van der Waals surface area contributed by atoms with E-state index in [1.165, 1.54) is 30.6 Å². The van der Waals surface area contributed by atoms with E-state index in [0.717, 1.165) is 45.8 Å². The molecule has 2 N–H and O–H groups in total. The summed E-state index contributed by atoms with van der Waals surface area (Å²) >= 11 is 1.45. The fourth-order valence-electron chi connectivity index (χ4n) is 5.12. The third-order valence-electron chi connectivity index (χ3n) is 7.10. The van der Waals surface area contributed by atoms with Gasteiger partial charge in [0.1, 0.15) is 16.8 Å². The van der Waals surface area contributed by atoms with Crippen LogP contribution in [-0.4, -0.2) is 47.0 Å². The van der Waals surface area contributed by atoms with Crippen LogP contribution in [0.2, 0.25) is 0 Å². The Balaban J connectivity index is 1.25. The van der Waals surface area contributed by atoms with E-state index in [2.05, 4.69) is 25.1 Å². The van der Waals surface area contributed by atoms with Gasteiger partial charge >= 0.3 is 0 Å². The normalized spacial score (nSPS) is 14.3. The lowest BCUT2D eigenvalue weighted by atomic mass is 9.98. The van der Waals surface area contributed by atoms with Gasteiger partial charge in [-0.25, -0.2) is 15.0 Å². The van der Waals surface area contributed by atoms with Crippen LogP contribution < -0.4 is 4.74 Å². The van der Waals surface area contributed by atoms with Gasteiger partial charge < -0.3 is 9.72 Å². The minimum absolute atomic E-state index is 0.0467. The number of ether oxygens (including phenoxy) is 1. The zero-order valence-electron chi connectivity index (χ0n) is 21.3. The number of pyridine rings is 3. The van der Waals surface area contributed by atoms with Crippen molar-refractivity contribution in [3.05, 3.63) is 59.9 Å². The average molecular weight is 536 g/mol. The average Bonchev–Trinajstić information content (AvgIpc) is 3.71. The van der Waals surface area contributed by atoms with Crippen LogP contribution in [0.4, 0.5) is 0 Å². The van der Waals surface area contributed by atoms with Crippen LogP contribution >= 0.6 is 11.3 Å². The molecule has 10 heteroatoms. The molecule has 0 radical (unpaired) electrons. The number of aromatic nitrogens is 7. The number of ketones is 1. The number of carbonyl (C=O) groups is 1. The van der Waals surface area contributed by atoms with Crippen molar-refractivity contribution >= 4 is 39.3 Å². The maximum Gasteiger partial charge on any atom is 0.169 e. The van der Waals surface area contributed by atoms with Crippen molar-refractivity contribution in [1.29, 1.82) is 0 Å². The van der Waals surface area contributed by atoms with Gasteiger partial charge in [0, 0.05) is 28.4 Å². The van der Waals surface area contributed by atoms with Crippen LogP contribution in [0.5, 0.6) is 5.75 Å². The number of nitrogens with one attached hydrogen (secondary N) is 2. The molecule has 6 aromatic rings. The molecular formula is C29H25N7O2S. The predicted octanol–water partition coefficient (Wildman–Crippen LogP) is 6.60. The van der Waals surface area contributed by atoms with Crippen molar-refractivity contribution in [3.63, 3.8) is 0 Å². The smallest absolute Gasteiger partial charge is 0.169 e. The van der Waals surface area contributed by atoms with Crippen molar-refractivity contribution < 1.29 is 9.53 Å². The van der Waals surface area contributed by atoms with E-state index in [1.807, 2.05) is 36.4 Å². The number of fused-ring (bicyclic) bond motifs is 2. The number of hydrogen-bond donors (Lipinski definition) is 2. The van der Waals surface area contributed by atoms with Gasteiger partial charge in [-0.1, -0.05) is 6.42 Å². The van der Waals surface area contributed by atoms with Gasteiger partial charge in [-0.05, 0) is 69.0 Å². The highest BCUT2D eigenvalue weighted by molar-refractivity contribution is 7.17. The number of Topliss-reactive ketones (excluding diaryl/α,β-unsaturated/α-hetero) is 1. The summed E-state index contributed by atoms with van der Waals surface area (Å²) in [6, 6.07) is 11.6. The van der Waals surface area contributed by atoms with E-state index in [-0.39, 0.29) is 11.9 Å². The molecule has 1 saturated carbocycles. The summed E-state index contributed by atoms with van der Waals surface area (Å²) in [6.07, 6.45) is 11.4. The molecule has 9 nitrogen and oxygen atoms in total. The summed E-state index contributed by atoms with van der Waals surface area (Å²) in [5.41, 5.74) is 6.03. The Morgan fingerprint density at radius 1 is 1.03 bits per heavy atom. The number of H-pyrrole nitrogens is 2. The van der Waals surface area contributed by atoms with E-state index in [9.17, 15) is 4.79 Å². The molecule has 0 bridgehead atoms. The number of rotatable bonds is 6. The van der Waals surface area contributed by atoms with Gasteiger partial charge in [0.2, 0.25) is 0 Å². The fraction of sp³-hybridized carbons (Fsp3) is 0.241. The Labute approximate surface area is 227 Å². The summed E-state index contributed by atoms with van der Waals surface area (Å²) in [5, 5.41) is 7.60. The Bertz CT molecular complexity index is 1830. The number of hydrogen-bond acceptors (Lipinski definition) is 8. The molecule has 39 heavy (non-hydrogen) atoms. The standard InChI is InChI=1S/C29H25N7O2S/c1-16(37)23-9-10-24(39-23)20-11-12-31-28-25(20)33-29(34-28)27-26-22(35-36-27)8-7-21(32-26)17-13-19(15-30-14-17)38-18-5-3-2-4-6-18/h7-15,18H,2-6H2,1H3,(H,35,36)(H,31,33,34). The van der Waals surface area contributed by atoms with Gasteiger partial charge in [0.15, 0.2) is 22.9 Å². The molecule has 0 spiro atoms. The second-order valence-corrected chi connectivity index (χ2v) is 10.9. The number of carbonyl (C=O) groups excluding carboxylic acids is 1. The van der Waals surface area contributed by atoms with Crippen LogP contribution in [0.1, 0.15) is 48.7 Å². The topological polar surface area (TPSA) is 122 Å². The molecule has 1 aliphatic rings. The van der Waals surface area contributed by atoms with Crippen molar-refractivity contribution in [2.75, 3.05) is 0 Å². The monoisotopic (exact) mass is 535 g/mol. The largest absolute Gasteiger partial charge is 0.489 e. The lowest BCUT2D eigenvalue weighted by molar-refractivity contribution is 0.102. The van der Waals surface area contributed by atoms with Crippen LogP contribution in [0, 0.1) is 0 Å². The second kappa shape index (κ2) is 9.70. The van der Waals surface area contributed by atoms with E-state index < -0.39 is 0 Å². The summed E-state index contributed by atoms with van der Waals surface area (Å²) in [7, 11) is 0. The fourth-order valence-corrected chi connectivity index (χ4v) is 6.04. The molecule has 0 unspecified atom stereocenters. The molecule has 6 heterocycles. The minimum atomic E-state index is 0.0467. The molecule has 0 aromatic carbocycles. The first kappa shape index (κ1) is 23.7. The lowest BCUT2D eigenvalue weighted by Crippen LogP contribution is -2.19. The minimum Gasteiger partial charge on any atom is -0.489 e. The number of imidazole rings is 1. The Kier molecular flexibility index (Phi) is 5.89. The zero-order chi connectivity index (χ0) is 26.3. The third kappa shape index (κ3) is 4.46. The first-order valence-electron chi connectivity index (χ1n) is 13.1. The molecule has 0 saturated heterocycles. The summed E-state index contributed by atoms with van der Waals surface area (Å²) in [6.45, 7) is 1.57. The Morgan fingerprint density at radius 3 is 2.77 bits per heavy atom. The number of aromatic amines is 2. The molecule has 0 amide bonds. The maximum absolute atomic E-state index is 11.8. The van der Waals surface area contributed by atoms with Crippen LogP contribution in [-0.2, 0) is 0 Å². The molecule has 0 aliphatic heterocycles. The van der Waals surface area contributed by atoms with Crippen LogP contribution in [0.25, 0.3) is 55.4 Å². The van der Waals surface area contributed by atoms with E-state index in [1.54, 1.807) is 25.5 Å². The first-order chi connectivity index (χ1) is 19.1. The molecular weight excluding hydrogens is 510 g/mol. The van der Waals surface area contributed by atoms with Crippen LogP contribution in [0.3, 0.4) is 0 Å².